The van der Waals surface area contributed by atoms with E-state index < -0.39 is 24.1 Å². The third-order valence-electron chi connectivity index (χ3n) is 4.19. The molecule has 0 saturated heterocycles. The summed E-state index contributed by atoms with van der Waals surface area (Å²) >= 11 is 0. The molecule has 0 saturated carbocycles. The Morgan fingerprint density at radius 3 is 2.15 bits per heavy atom. The zero-order valence-corrected chi connectivity index (χ0v) is 15.9. The first-order valence-corrected chi connectivity index (χ1v) is 9.29. The van der Waals surface area contributed by atoms with E-state index in [1.165, 1.54) is 0 Å². The molecular formula is C22H28O5. The van der Waals surface area contributed by atoms with Crippen LogP contribution in [0.2, 0.25) is 0 Å². The molecule has 0 aliphatic heterocycles. The van der Waals surface area contributed by atoms with Gasteiger partial charge in [-0.15, -0.1) is 0 Å². The standard InChI is InChI=1S/C22H28O5/c1-16(23)12-13-19(14-17(2)24)22(25)27-21-11-7-6-10-20(21)26-15-18-8-4-3-5-9-18/h3-11,16-17,19,23-24H,12-15H2,1-2H3. The Labute approximate surface area is 160 Å². The summed E-state index contributed by atoms with van der Waals surface area (Å²) in [7, 11) is 0. The molecule has 0 aromatic heterocycles. The molecule has 3 atom stereocenters. The second-order valence-corrected chi connectivity index (χ2v) is 6.85. The molecule has 0 amide bonds. The van der Waals surface area contributed by atoms with Crippen molar-refractivity contribution in [3.63, 3.8) is 0 Å². The Hall–Kier alpha value is -2.37. The SMILES string of the molecule is CC(O)CCC(CC(C)O)C(=O)Oc1ccccc1OCc1ccccc1. The highest BCUT2D eigenvalue weighted by Gasteiger charge is 2.24. The van der Waals surface area contributed by atoms with Crippen LogP contribution < -0.4 is 9.47 Å². The van der Waals surface area contributed by atoms with E-state index in [1.807, 2.05) is 36.4 Å². The molecule has 3 unspecified atom stereocenters. The van der Waals surface area contributed by atoms with Crippen molar-refractivity contribution in [2.75, 3.05) is 0 Å². The minimum Gasteiger partial charge on any atom is -0.485 e. The van der Waals surface area contributed by atoms with Crippen LogP contribution in [-0.4, -0.2) is 28.4 Å². The maximum atomic E-state index is 12.6. The smallest absolute Gasteiger partial charge is 0.314 e. The van der Waals surface area contributed by atoms with Gasteiger partial charge in [-0.1, -0.05) is 42.5 Å². The fraction of sp³-hybridized carbons (Fsp3) is 0.409. The Morgan fingerprint density at radius 1 is 0.889 bits per heavy atom. The lowest BCUT2D eigenvalue weighted by Gasteiger charge is -2.19. The van der Waals surface area contributed by atoms with E-state index in [0.29, 0.717) is 37.4 Å². The third kappa shape index (κ3) is 7.41. The summed E-state index contributed by atoms with van der Waals surface area (Å²) < 4.78 is 11.4. The number of ether oxygens (including phenoxy) is 2. The number of carbonyl (C=O) groups excluding carboxylic acids is 1. The first-order chi connectivity index (χ1) is 13.0. The fourth-order valence-corrected chi connectivity index (χ4v) is 2.77. The van der Waals surface area contributed by atoms with Crippen molar-refractivity contribution in [3.05, 3.63) is 60.2 Å². The molecule has 27 heavy (non-hydrogen) atoms. The molecule has 2 rings (SSSR count). The van der Waals surface area contributed by atoms with Gasteiger partial charge in [0.05, 0.1) is 18.1 Å². The molecular weight excluding hydrogens is 344 g/mol. The summed E-state index contributed by atoms with van der Waals surface area (Å²) in [5.41, 5.74) is 1.02. The van der Waals surface area contributed by atoms with Gasteiger partial charge in [0.1, 0.15) is 6.61 Å². The first-order valence-electron chi connectivity index (χ1n) is 9.29. The van der Waals surface area contributed by atoms with Crippen LogP contribution in [0.15, 0.2) is 54.6 Å². The second kappa shape index (κ2) is 10.7. The lowest BCUT2D eigenvalue weighted by atomic mass is 9.95. The van der Waals surface area contributed by atoms with Gasteiger partial charge >= 0.3 is 5.97 Å². The average molecular weight is 372 g/mol. The summed E-state index contributed by atoms with van der Waals surface area (Å²) in [6.07, 6.45) is 0.0861. The summed E-state index contributed by atoms with van der Waals surface area (Å²) in [6.45, 7) is 3.69. The maximum Gasteiger partial charge on any atom is 0.314 e. The molecule has 2 N–H and O–H groups in total. The van der Waals surface area contributed by atoms with Crippen LogP contribution in [0.1, 0.15) is 38.7 Å². The van der Waals surface area contributed by atoms with Gasteiger partial charge in [0.2, 0.25) is 0 Å². The highest BCUT2D eigenvalue weighted by molar-refractivity contribution is 5.76. The minimum atomic E-state index is -0.624. The Bertz CT molecular complexity index is 697. The molecule has 5 heteroatoms. The van der Waals surface area contributed by atoms with E-state index in [1.54, 1.807) is 32.0 Å². The van der Waals surface area contributed by atoms with Crippen molar-refractivity contribution in [3.8, 4) is 11.5 Å². The summed E-state index contributed by atoms with van der Waals surface area (Å²) in [4.78, 5) is 12.6. The number of hydrogen-bond acceptors (Lipinski definition) is 5. The van der Waals surface area contributed by atoms with E-state index in [0.717, 1.165) is 5.56 Å². The van der Waals surface area contributed by atoms with Crippen molar-refractivity contribution >= 4 is 5.97 Å². The van der Waals surface area contributed by atoms with Crippen molar-refractivity contribution in [2.45, 2.75) is 51.9 Å². The van der Waals surface area contributed by atoms with Crippen LogP contribution in [-0.2, 0) is 11.4 Å². The number of benzene rings is 2. The Balaban J connectivity index is 2.04. The monoisotopic (exact) mass is 372 g/mol. The molecule has 0 radical (unpaired) electrons. The molecule has 0 heterocycles. The number of aliphatic hydroxyl groups excluding tert-OH is 2. The van der Waals surface area contributed by atoms with E-state index in [9.17, 15) is 15.0 Å². The number of aliphatic hydroxyl groups is 2. The quantitative estimate of drug-likeness (QED) is 0.491. The van der Waals surface area contributed by atoms with Gasteiger partial charge in [-0.2, -0.15) is 0 Å². The largest absolute Gasteiger partial charge is 0.485 e. The van der Waals surface area contributed by atoms with Gasteiger partial charge in [0.25, 0.3) is 0 Å². The van der Waals surface area contributed by atoms with Gasteiger partial charge in [-0.05, 0) is 50.8 Å². The number of rotatable bonds is 10. The third-order valence-corrected chi connectivity index (χ3v) is 4.19. The van der Waals surface area contributed by atoms with Gasteiger partial charge in [-0.25, -0.2) is 0 Å². The average Bonchev–Trinajstić information content (AvgIpc) is 2.64. The predicted octanol–water partition coefficient (Wildman–Crippen LogP) is 3.72. The molecule has 0 bridgehead atoms. The van der Waals surface area contributed by atoms with Crippen LogP contribution in [0.3, 0.4) is 0 Å². The second-order valence-electron chi connectivity index (χ2n) is 6.85. The van der Waals surface area contributed by atoms with Gasteiger partial charge in [0, 0.05) is 0 Å². The van der Waals surface area contributed by atoms with E-state index in [4.69, 9.17) is 9.47 Å². The molecule has 0 spiro atoms. The first kappa shape index (κ1) is 20.9. The van der Waals surface area contributed by atoms with E-state index in [-0.39, 0.29) is 0 Å². The van der Waals surface area contributed by atoms with E-state index >= 15 is 0 Å². The lowest BCUT2D eigenvalue weighted by Crippen LogP contribution is -2.25. The van der Waals surface area contributed by atoms with Crippen LogP contribution >= 0.6 is 0 Å². The highest BCUT2D eigenvalue weighted by atomic mass is 16.6. The van der Waals surface area contributed by atoms with Gasteiger partial charge in [0.15, 0.2) is 11.5 Å². The number of hydrogen-bond donors (Lipinski definition) is 2. The van der Waals surface area contributed by atoms with Crippen molar-refractivity contribution in [1.82, 2.24) is 0 Å². The molecule has 0 aliphatic carbocycles. The fourth-order valence-electron chi connectivity index (χ4n) is 2.77. The van der Waals surface area contributed by atoms with Crippen molar-refractivity contribution in [2.24, 2.45) is 5.92 Å². The zero-order chi connectivity index (χ0) is 19.6. The van der Waals surface area contributed by atoms with Crippen LogP contribution in [0.4, 0.5) is 0 Å². The molecule has 5 nitrogen and oxygen atoms in total. The molecule has 2 aromatic rings. The summed E-state index contributed by atoms with van der Waals surface area (Å²) in [5.74, 6) is -0.0683. The maximum absolute atomic E-state index is 12.6. The number of carbonyl (C=O) groups is 1. The molecule has 146 valence electrons. The van der Waals surface area contributed by atoms with Crippen molar-refractivity contribution < 1.29 is 24.5 Å². The van der Waals surface area contributed by atoms with Gasteiger partial charge < -0.3 is 19.7 Å². The zero-order valence-electron chi connectivity index (χ0n) is 15.9. The lowest BCUT2D eigenvalue weighted by molar-refractivity contribution is -0.140. The van der Waals surface area contributed by atoms with Gasteiger partial charge in [-0.3, -0.25) is 4.79 Å². The number of para-hydroxylation sites is 2. The predicted molar refractivity (Wildman–Crippen MR) is 104 cm³/mol. The molecule has 2 aromatic carbocycles. The topological polar surface area (TPSA) is 76.0 Å². The minimum absolute atomic E-state index is 0.290. The summed E-state index contributed by atoms with van der Waals surface area (Å²) in [5, 5.41) is 19.2. The van der Waals surface area contributed by atoms with E-state index in [2.05, 4.69) is 0 Å². The van der Waals surface area contributed by atoms with Crippen LogP contribution in [0.25, 0.3) is 0 Å². The molecule has 0 aliphatic rings. The molecule has 0 fully saturated rings. The van der Waals surface area contributed by atoms with Crippen molar-refractivity contribution in [1.29, 1.82) is 0 Å². The highest BCUT2D eigenvalue weighted by Crippen LogP contribution is 2.29. The summed E-state index contributed by atoms with van der Waals surface area (Å²) in [6, 6.07) is 16.8. The Kier molecular flexibility index (Phi) is 8.30. The van der Waals surface area contributed by atoms with Crippen LogP contribution in [0, 0.1) is 5.92 Å². The van der Waals surface area contributed by atoms with Crippen LogP contribution in [0.5, 0.6) is 11.5 Å². The number of esters is 1. The normalized spacial score (nSPS) is 14.2. The Morgan fingerprint density at radius 2 is 1.52 bits per heavy atom.